The summed E-state index contributed by atoms with van der Waals surface area (Å²) in [5, 5.41) is 0. The standard InChI is InChI=1S/C17H17NO4.C7H8O3S/c18-14(13-6-7-15-16(8-13)22-11-21-15)9-17(19)20-10-12-4-2-1-3-5-12;1-6-2-4-7(5-3-6)11(8,9)10/h1-8,14H,9-11,18H2;2-5H,1H3,(H,8,9,10). The van der Waals surface area contributed by atoms with Crippen molar-refractivity contribution in [3.63, 3.8) is 0 Å². The molecule has 3 aromatic carbocycles. The lowest BCUT2D eigenvalue weighted by Gasteiger charge is -2.12. The normalized spacial score (nSPS) is 12.9. The molecule has 4 rings (SSSR count). The minimum Gasteiger partial charge on any atom is -0.461 e. The second-order valence-electron chi connectivity index (χ2n) is 7.36. The fraction of sp³-hybridized carbons (Fsp3) is 0.208. The maximum atomic E-state index is 11.9. The molecule has 1 aliphatic rings. The minimum atomic E-state index is -4.02. The third kappa shape index (κ3) is 7.31. The van der Waals surface area contributed by atoms with Gasteiger partial charge in [0.2, 0.25) is 6.79 Å². The van der Waals surface area contributed by atoms with Gasteiger partial charge in [0, 0.05) is 6.04 Å². The van der Waals surface area contributed by atoms with Gasteiger partial charge in [0.1, 0.15) is 6.61 Å². The summed E-state index contributed by atoms with van der Waals surface area (Å²) in [5.74, 6) is 1.03. The molecule has 1 unspecified atom stereocenters. The van der Waals surface area contributed by atoms with Crippen LogP contribution in [0.4, 0.5) is 0 Å². The molecule has 0 amide bonds. The predicted molar refractivity (Wildman–Crippen MR) is 121 cm³/mol. The lowest BCUT2D eigenvalue weighted by molar-refractivity contribution is -0.145. The minimum absolute atomic E-state index is 0.0666. The smallest absolute Gasteiger partial charge is 0.308 e. The average molecular weight is 472 g/mol. The van der Waals surface area contributed by atoms with Gasteiger partial charge in [-0.25, -0.2) is 0 Å². The Labute approximate surface area is 192 Å². The molecule has 0 radical (unpaired) electrons. The van der Waals surface area contributed by atoms with Gasteiger partial charge in [-0.05, 0) is 42.3 Å². The molecular formula is C24H25NO7S. The molecular weight excluding hydrogens is 446 g/mol. The van der Waals surface area contributed by atoms with Crippen LogP contribution in [0.15, 0.2) is 77.7 Å². The monoisotopic (exact) mass is 471 g/mol. The van der Waals surface area contributed by atoms with E-state index in [2.05, 4.69) is 0 Å². The first-order valence-electron chi connectivity index (χ1n) is 10.1. The van der Waals surface area contributed by atoms with E-state index in [0.717, 1.165) is 16.7 Å². The van der Waals surface area contributed by atoms with E-state index in [1.165, 1.54) is 12.1 Å². The quantitative estimate of drug-likeness (QED) is 0.411. The number of rotatable bonds is 6. The Bertz CT molecular complexity index is 1180. The average Bonchev–Trinajstić information content (AvgIpc) is 3.26. The lowest BCUT2D eigenvalue weighted by Crippen LogP contribution is -2.17. The van der Waals surface area contributed by atoms with Crippen molar-refractivity contribution in [1.82, 2.24) is 0 Å². The Morgan fingerprint density at radius 1 is 1.03 bits per heavy atom. The topological polar surface area (TPSA) is 125 Å². The molecule has 174 valence electrons. The molecule has 9 heteroatoms. The second kappa shape index (κ2) is 11.0. The number of fused-ring (bicyclic) bond motifs is 1. The molecule has 0 saturated carbocycles. The number of hydrogen-bond donors (Lipinski definition) is 2. The van der Waals surface area contributed by atoms with E-state index in [1.54, 1.807) is 24.3 Å². The van der Waals surface area contributed by atoms with Crippen molar-refractivity contribution >= 4 is 16.1 Å². The molecule has 0 fully saturated rings. The van der Waals surface area contributed by atoms with Crippen LogP contribution in [0, 0.1) is 6.92 Å². The van der Waals surface area contributed by atoms with Crippen LogP contribution in [0.25, 0.3) is 0 Å². The van der Waals surface area contributed by atoms with E-state index in [9.17, 15) is 13.2 Å². The van der Waals surface area contributed by atoms with Gasteiger partial charge in [0.05, 0.1) is 11.3 Å². The summed E-state index contributed by atoms with van der Waals surface area (Å²) in [5.41, 5.74) is 8.79. The van der Waals surface area contributed by atoms with Crippen LogP contribution in [0.5, 0.6) is 11.5 Å². The third-order valence-corrected chi connectivity index (χ3v) is 5.64. The van der Waals surface area contributed by atoms with Crippen LogP contribution in [-0.4, -0.2) is 25.7 Å². The van der Waals surface area contributed by atoms with E-state index in [-0.39, 0.29) is 30.7 Å². The van der Waals surface area contributed by atoms with Gasteiger partial charge in [0.15, 0.2) is 11.5 Å². The largest absolute Gasteiger partial charge is 0.461 e. The van der Waals surface area contributed by atoms with Gasteiger partial charge in [-0.15, -0.1) is 0 Å². The number of aryl methyl sites for hydroxylation is 1. The number of esters is 1. The van der Waals surface area contributed by atoms with Crippen LogP contribution in [0.3, 0.4) is 0 Å². The van der Waals surface area contributed by atoms with E-state index in [4.69, 9.17) is 24.5 Å². The van der Waals surface area contributed by atoms with Crippen molar-refractivity contribution in [2.24, 2.45) is 5.73 Å². The summed E-state index contributed by atoms with van der Waals surface area (Å²) in [4.78, 5) is 11.8. The number of carbonyl (C=O) groups excluding carboxylic acids is 1. The fourth-order valence-corrected chi connectivity index (χ4v) is 3.43. The zero-order valence-corrected chi connectivity index (χ0v) is 18.8. The third-order valence-electron chi connectivity index (χ3n) is 4.77. The fourth-order valence-electron chi connectivity index (χ4n) is 2.95. The number of carbonyl (C=O) groups is 1. The Morgan fingerprint density at radius 2 is 1.70 bits per heavy atom. The van der Waals surface area contributed by atoms with Gasteiger partial charge in [0.25, 0.3) is 10.1 Å². The van der Waals surface area contributed by atoms with Gasteiger partial charge >= 0.3 is 5.97 Å². The van der Waals surface area contributed by atoms with Crippen LogP contribution >= 0.6 is 0 Å². The van der Waals surface area contributed by atoms with E-state index < -0.39 is 16.2 Å². The SMILES string of the molecule is Cc1ccc(S(=O)(=O)O)cc1.NC(CC(=O)OCc1ccccc1)c1ccc2c(c1)OCO2. The second-order valence-corrected chi connectivity index (χ2v) is 8.78. The molecule has 0 aliphatic carbocycles. The number of hydrogen-bond acceptors (Lipinski definition) is 7. The van der Waals surface area contributed by atoms with Crippen molar-refractivity contribution < 1.29 is 32.0 Å². The van der Waals surface area contributed by atoms with E-state index >= 15 is 0 Å². The van der Waals surface area contributed by atoms with Crippen molar-refractivity contribution in [2.75, 3.05) is 6.79 Å². The Morgan fingerprint density at radius 3 is 2.36 bits per heavy atom. The molecule has 3 N–H and O–H groups in total. The number of ether oxygens (including phenoxy) is 3. The molecule has 0 saturated heterocycles. The van der Waals surface area contributed by atoms with Crippen molar-refractivity contribution in [1.29, 1.82) is 0 Å². The molecule has 1 heterocycles. The predicted octanol–water partition coefficient (Wildman–Crippen LogP) is 3.79. The maximum absolute atomic E-state index is 11.9. The summed E-state index contributed by atoms with van der Waals surface area (Å²) in [6, 6.07) is 20.5. The summed E-state index contributed by atoms with van der Waals surface area (Å²) in [6.45, 7) is 2.31. The molecule has 33 heavy (non-hydrogen) atoms. The molecule has 0 spiro atoms. The first-order chi connectivity index (χ1) is 15.7. The van der Waals surface area contributed by atoms with Crippen molar-refractivity contribution in [3.8, 4) is 11.5 Å². The summed E-state index contributed by atoms with van der Waals surface area (Å²) in [7, 11) is -4.02. The number of nitrogens with two attached hydrogens (primary N) is 1. The Balaban J connectivity index is 0.000000235. The molecule has 3 aromatic rings. The van der Waals surface area contributed by atoms with Crippen LogP contribution in [0.2, 0.25) is 0 Å². The van der Waals surface area contributed by atoms with Gasteiger partial charge in [-0.1, -0.05) is 54.1 Å². The van der Waals surface area contributed by atoms with Gasteiger partial charge in [-0.2, -0.15) is 8.42 Å². The number of benzene rings is 3. The molecule has 0 aromatic heterocycles. The Kier molecular flexibility index (Phi) is 8.05. The lowest BCUT2D eigenvalue weighted by atomic mass is 10.0. The van der Waals surface area contributed by atoms with E-state index in [0.29, 0.717) is 11.5 Å². The Hall–Kier alpha value is -3.40. The molecule has 1 aliphatic heterocycles. The van der Waals surface area contributed by atoms with Gasteiger partial charge < -0.3 is 19.9 Å². The molecule has 8 nitrogen and oxygen atoms in total. The van der Waals surface area contributed by atoms with Crippen molar-refractivity contribution in [2.45, 2.75) is 30.9 Å². The first kappa shape index (κ1) is 24.2. The molecule has 0 bridgehead atoms. The highest BCUT2D eigenvalue weighted by atomic mass is 32.2. The summed E-state index contributed by atoms with van der Waals surface area (Å²) in [6.07, 6.45) is 0.118. The molecule has 1 atom stereocenters. The highest BCUT2D eigenvalue weighted by Crippen LogP contribution is 2.34. The van der Waals surface area contributed by atoms with Crippen LogP contribution in [0.1, 0.15) is 29.2 Å². The highest BCUT2D eigenvalue weighted by Gasteiger charge is 2.18. The van der Waals surface area contributed by atoms with Gasteiger partial charge in [-0.3, -0.25) is 9.35 Å². The van der Waals surface area contributed by atoms with Crippen molar-refractivity contribution in [3.05, 3.63) is 89.5 Å². The maximum Gasteiger partial charge on any atom is 0.308 e. The van der Waals surface area contributed by atoms with E-state index in [1.807, 2.05) is 43.3 Å². The summed E-state index contributed by atoms with van der Waals surface area (Å²) < 4.78 is 45.3. The summed E-state index contributed by atoms with van der Waals surface area (Å²) >= 11 is 0. The zero-order valence-electron chi connectivity index (χ0n) is 18.0. The first-order valence-corrected chi connectivity index (χ1v) is 11.6. The highest BCUT2D eigenvalue weighted by molar-refractivity contribution is 7.85. The zero-order chi connectivity index (χ0) is 23.8. The van der Waals surface area contributed by atoms with Crippen LogP contribution < -0.4 is 15.2 Å². The van der Waals surface area contributed by atoms with Crippen LogP contribution in [-0.2, 0) is 26.3 Å².